The highest BCUT2D eigenvalue weighted by Crippen LogP contribution is 2.24. The highest BCUT2D eigenvalue weighted by molar-refractivity contribution is 7.89. The Morgan fingerprint density at radius 1 is 1.12 bits per heavy atom. The van der Waals surface area contributed by atoms with E-state index in [4.69, 9.17) is 9.15 Å². The van der Waals surface area contributed by atoms with Crippen LogP contribution in [0.15, 0.2) is 63.4 Å². The number of esters is 1. The molecule has 2 aromatic heterocycles. The summed E-state index contributed by atoms with van der Waals surface area (Å²) in [7, 11) is -3.48. The average molecular weight is 473 g/mol. The quantitative estimate of drug-likeness (QED) is 0.365. The molecule has 0 bridgehead atoms. The Kier molecular flexibility index (Phi) is 7.19. The van der Waals surface area contributed by atoms with Crippen molar-refractivity contribution < 1.29 is 22.4 Å². The van der Waals surface area contributed by atoms with Crippen LogP contribution in [-0.4, -0.2) is 36.8 Å². The first-order valence-corrected chi connectivity index (χ1v) is 12.8. The van der Waals surface area contributed by atoms with Crippen LogP contribution in [0.4, 0.5) is 0 Å². The minimum Gasteiger partial charge on any atom is -0.456 e. The molecule has 1 aliphatic heterocycles. The lowest BCUT2D eigenvalue weighted by Crippen LogP contribution is -2.31. The lowest BCUT2D eigenvalue weighted by atomic mass is 10.2. The van der Waals surface area contributed by atoms with Gasteiger partial charge in [0.2, 0.25) is 15.9 Å². The summed E-state index contributed by atoms with van der Waals surface area (Å²) < 4.78 is 37.8. The molecule has 4 rings (SSSR count). The van der Waals surface area contributed by atoms with Crippen molar-refractivity contribution in [3.8, 4) is 10.8 Å². The number of oxazole rings is 1. The van der Waals surface area contributed by atoms with Gasteiger partial charge in [0.05, 0.1) is 9.77 Å². The number of thiophene rings is 1. The Bertz CT molecular complexity index is 1160. The zero-order valence-electron chi connectivity index (χ0n) is 17.5. The number of sulfonamides is 1. The molecule has 0 N–H and O–H groups in total. The number of carbonyl (C=O) groups excluding carboxylic acids is 1. The van der Waals surface area contributed by atoms with E-state index in [0.717, 1.165) is 30.6 Å². The molecular weight excluding hydrogens is 448 g/mol. The van der Waals surface area contributed by atoms with Crippen LogP contribution < -0.4 is 0 Å². The predicted molar refractivity (Wildman–Crippen MR) is 122 cm³/mol. The molecule has 0 spiro atoms. The summed E-state index contributed by atoms with van der Waals surface area (Å²) in [5, 5.41) is 1.93. The number of rotatable bonds is 7. The SMILES string of the molecule is O=C(/C=C/c1ccc(S(=O)(=O)N2CCCCCC2)cc1)OCc1coc(-c2cccs2)n1. The molecule has 9 heteroatoms. The fourth-order valence-electron chi connectivity index (χ4n) is 3.43. The lowest BCUT2D eigenvalue weighted by molar-refractivity contribution is -0.139. The van der Waals surface area contributed by atoms with Gasteiger partial charge in [-0.15, -0.1) is 11.3 Å². The number of hydrogen-bond donors (Lipinski definition) is 0. The van der Waals surface area contributed by atoms with Gasteiger partial charge in [0.1, 0.15) is 18.6 Å². The molecule has 32 heavy (non-hydrogen) atoms. The van der Waals surface area contributed by atoms with Gasteiger partial charge in [-0.2, -0.15) is 4.31 Å². The van der Waals surface area contributed by atoms with E-state index in [2.05, 4.69) is 4.98 Å². The van der Waals surface area contributed by atoms with Crippen molar-refractivity contribution in [2.45, 2.75) is 37.2 Å². The number of aromatic nitrogens is 1. The molecule has 0 atom stereocenters. The number of ether oxygens (including phenoxy) is 1. The summed E-state index contributed by atoms with van der Waals surface area (Å²) in [6.45, 7) is 1.14. The fraction of sp³-hybridized carbons (Fsp3) is 0.304. The number of hydrogen-bond acceptors (Lipinski definition) is 7. The van der Waals surface area contributed by atoms with Crippen molar-refractivity contribution in [1.29, 1.82) is 0 Å². The summed E-state index contributed by atoms with van der Waals surface area (Å²) in [6.07, 6.45) is 8.28. The van der Waals surface area contributed by atoms with Gasteiger partial charge in [0.15, 0.2) is 0 Å². The van der Waals surface area contributed by atoms with Crippen LogP contribution in [0.5, 0.6) is 0 Å². The molecule has 0 saturated carbocycles. The maximum atomic E-state index is 12.8. The van der Waals surface area contributed by atoms with Crippen LogP contribution in [0.3, 0.4) is 0 Å². The zero-order valence-corrected chi connectivity index (χ0v) is 19.1. The van der Waals surface area contributed by atoms with Gasteiger partial charge >= 0.3 is 5.97 Å². The third-order valence-electron chi connectivity index (χ3n) is 5.14. The minimum absolute atomic E-state index is 0.00502. The predicted octanol–water partition coefficient (Wildman–Crippen LogP) is 4.72. The molecule has 168 valence electrons. The van der Waals surface area contributed by atoms with Crippen LogP contribution in [-0.2, 0) is 26.2 Å². The van der Waals surface area contributed by atoms with Gasteiger partial charge in [-0.3, -0.25) is 0 Å². The monoisotopic (exact) mass is 472 g/mol. The van der Waals surface area contributed by atoms with Crippen LogP contribution in [0.1, 0.15) is 36.9 Å². The Hall–Kier alpha value is -2.75. The molecule has 0 amide bonds. The normalized spacial score (nSPS) is 15.6. The molecule has 1 saturated heterocycles. The van der Waals surface area contributed by atoms with Crippen molar-refractivity contribution in [3.05, 3.63) is 65.4 Å². The maximum Gasteiger partial charge on any atom is 0.331 e. The van der Waals surface area contributed by atoms with Crippen LogP contribution in [0.2, 0.25) is 0 Å². The van der Waals surface area contributed by atoms with Gasteiger partial charge in [0.25, 0.3) is 0 Å². The Labute approximate surface area is 191 Å². The smallest absolute Gasteiger partial charge is 0.331 e. The van der Waals surface area contributed by atoms with E-state index >= 15 is 0 Å². The number of carbonyl (C=O) groups is 1. The summed E-state index contributed by atoms with van der Waals surface area (Å²) in [5.74, 6) is -0.0243. The van der Waals surface area contributed by atoms with Crippen LogP contribution in [0, 0.1) is 0 Å². The largest absolute Gasteiger partial charge is 0.456 e. The highest BCUT2D eigenvalue weighted by Gasteiger charge is 2.24. The van der Waals surface area contributed by atoms with E-state index in [1.807, 2.05) is 17.5 Å². The van der Waals surface area contributed by atoms with E-state index in [1.54, 1.807) is 34.6 Å². The first-order valence-electron chi connectivity index (χ1n) is 10.5. The topological polar surface area (TPSA) is 89.7 Å². The van der Waals surface area contributed by atoms with E-state index in [-0.39, 0.29) is 11.5 Å². The van der Waals surface area contributed by atoms with E-state index < -0.39 is 16.0 Å². The highest BCUT2D eigenvalue weighted by atomic mass is 32.2. The number of nitrogens with zero attached hydrogens (tertiary/aromatic N) is 2. The lowest BCUT2D eigenvalue weighted by Gasteiger charge is -2.19. The van der Waals surface area contributed by atoms with Crippen LogP contribution in [0.25, 0.3) is 16.8 Å². The zero-order chi connectivity index (χ0) is 22.4. The van der Waals surface area contributed by atoms with Crippen molar-refractivity contribution in [1.82, 2.24) is 9.29 Å². The number of benzene rings is 1. The minimum atomic E-state index is -3.48. The van der Waals surface area contributed by atoms with Gasteiger partial charge < -0.3 is 9.15 Å². The molecule has 3 heterocycles. The van der Waals surface area contributed by atoms with E-state index in [9.17, 15) is 13.2 Å². The summed E-state index contributed by atoms with van der Waals surface area (Å²) in [6, 6.07) is 10.3. The molecule has 3 aromatic rings. The Morgan fingerprint density at radius 2 is 1.88 bits per heavy atom. The van der Waals surface area contributed by atoms with Crippen molar-refractivity contribution >= 4 is 33.4 Å². The van der Waals surface area contributed by atoms with Gasteiger partial charge in [-0.25, -0.2) is 18.2 Å². The second-order valence-electron chi connectivity index (χ2n) is 7.45. The molecule has 0 radical (unpaired) electrons. The van der Waals surface area contributed by atoms with Gasteiger partial charge in [-0.1, -0.05) is 31.0 Å². The summed E-state index contributed by atoms with van der Waals surface area (Å²) in [4.78, 5) is 17.5. The summed E-state index contributed by atoms with van der Waals surface area (Å²) in [5.41, 5.74) is 1.23. The van der Waals surface area contributed by atoms with Gasteiger partial charge in [-0.05, 0) is 48.1 Å². The van der Waals surface area contributed by atoms with Gasteiger partial charge in [0, 0.05) is 19.2 Å². The molecule has 0 aliphatic carbocycles. The first kappa shape index (κ1) is 22.4. The van der Waals surface area contributed by atoms with Crippen molar-refractivity contribution in [3.63, 3.8) is 0 Å². The molecule has 1 aliphatic rings. The third-order valence-corrected chi connectivity index (χ3v) is 7.91. The first-order chi connectivity index (χ1) is 15.5. The van der Waals surface area contributed by atoms with Crippen molar-refractivity contribution in [2.75, 3.05) is 13.1 Å². The molecule has 0 unspecified atom stereocenters. The maximum absolute atomic E-state index is 12.8. The summed E-state index contributed by atoms with van der Waals surface area (Å²) >= 11 is 1.52. The average Bonchev–Trinajstić information content (AvgIpc) is 3.42. The van der Waals surface area contributed by atoms with Crippen molar-refractivity contribution in [2.24, 2.45) is 0 Å². The molecule has 7 nitrogen and oxygen atoms in total. The second kappa shape index (κ2) is 10.2. The molecule has 1 aromatic carbocycles. The van der Waals surface area contributed by atoms with E-state index in [1.165, 1.54) is 23.7 Å². The standard InChI is InChI=1S/C23H24N2O5S2/c26-22(29-16-19-17-30-23(24-19)21-6-5-15-31-21)12-9-18-7-10-20(11-8-18)32(27,28)25-13-3-1-2-4-14-25/h5-12,15,17H,1-4,13-14,16H2/b12-9+. The molecular formula is C23H24N2O5S2. The third kappa shape index (κ3) is 5.53. The Morgan fingerprint density at radius 3 is 2.56 bits per heavy atom. The fourth-order valence-corrected chi connectivity index (χ4v) is 5.60. The Balaban J connectivity index is 1.32. The van der Waals surface area contributed by atoms with E-state index in [0.29, 0.717) is 30.2 Å². The molecule has 1 fully saturated rings. The van der Waals surface area contributed by atoms with Crippen LogP contribution >= 0.6 is 11.3 Å². The second-order valence-corrected chi connectivity index (χ2v) is 10.3.